The maximum absolute atomic E-state index is 11.7. The fourth-order valence-corrected chi connectivity index (χ4v) is 3.95. The molecular formula is C24H47NO3. The minimum absolute atomic E-state index is 0.00805. The molecular weight excluding hydrogens is 350 g/mol. The first-order valence-corrected chi connectivity index (χ1v) is 12.2. The van der Waals surface area contributed by atoms with Crippen molar-refractivity contribution in [2.24, 2.45) is 0 Å². The third kappa shape index (κ3) is 13.5. The van der Waals surface area contributed by atoms with Crippen LogP contribution in [0, 0.1) is 0 Å². The molecule has 166 valence electrons. The third-order valence-electron chi connectivity index (χ3n) is 5.87. The molecule has 0 aromatic heterocycles. The summed E-state index contributed by atoms with van der Waals surface area (Å²) in [6, 6.07) is 0. The molecule has 1 aliphatic rings. The molecule has 0 aromatic carbocycles. The normalized spacial score (nSPS) is 15.5. The lowest BCUT2D eigenvalue weighted by Gasteiger charge is -2.22. The summed E-state index contributed by atoms with van der Waals surface area (Å²) in [4.78, 5) is 13.6. The van der Waals surface area contributed by atoms with E-state index in [1.165, 1.54) is 83.5 Å². The van der Waals surface area contributed by atoms with Crippen molar-refractivity contribution in [3.63, 3.8) is 0 Å². The number of methoxy groups -OCH3 is 1. The van der Waals surface area contributed by atoms with Gasteiger partial charge in [0.25, 0.3) is 0 Å². The van der Waals surface area contributed by atoms with Crippen LogP contribution in [0.25, 0.3) is 0 Å². The minimum Gasteiger partial charge on any atom is -0.379 e. The van der Waals surface area contributed by atoms with Crippen LogP contribution in [-0.2, 0) is 14.3 Å². The van der Waals surface area contributed by atoms with E-state index in [4.69, 9.17) is 9.47 Å². The van der Waals surface area contributed by atoms with Gasteiger partial charge < -0.3 is 14.4 Å². The van der Waals surface area contributed by atoms with E-state index >= 15 is 0 Å². The van der Waals surface area contributed by atoms with Crippen LogP contribution >= 0.6 is 0 Å². The van der Waals surface area contributed by atoms with Crippen molar-refractivity contribution in [2.45, 2.75) is 116 Å². The lowest BCUT2D eigenvalue weighted by molar-refractivity contribution is -0.129. The first-order valence-electron chi connectivity index (χ1n) is 12.2. The van der Waals surface area contributed by atoms with Crippen molar-refractivity contribution in [3.8, 4) is 0 Å². The summed E-state index contributed by atoms with van der Waals surface area (Å²) in [5, 5.41) is 0. The second-order valence-electron chi connectivity index (χ2n) is 8.47. The molecule has 4 nitrogen and oxygen atoms in total. The van der Waals surface area contributed by atoms with E-state index in [-0.39, 0.29) is 12.0 Å². The Morgan fingerprint density at radius 1 is 0.857 bits per heavy atom. The van der Waals surface area contributed by atoms with E-state index in [9.17, 15) is 4.79 Å². The van der Waals surface area contributed by atoms with E-state index in [1.807, 2.05) is 4.90 Å². The van der Waals surface area contributed by atoms with Crippen LogP contribution in [0.5, 0.6) is 0 Å². The van der Waals surface area contributed by atoms with Crippen LogP contribution in [0.3, 0.4) is 0 Å². The van der Waals surface area contributed by atoms with Gasteiger partial charge in [0.05, 0.1) is 12.7 Å². The maximum Gasteiger partial charge on any atom is 0.222 e. The van der Waals surface area contributed by atoms with E-state index in [1.54, 1.807) is 7.11 Å². The summed E-state index contributed by atoms with van der Waals surface area (Å²) < 4.78 is 11.2. The molecule has 1 unspecified atom stereocenters. The molecule has 0 N–H and O–H groups in total. The van der Waals surface area contributed by atoms with Gasteiger partial charge >= 0.3 is 0 Å². The fraction of sp³-hybridized carbons (Fsp3) is 0.958. The zero-order valence-electron chi connectivity index (χ0n) is 18.9. The zero-order valence-corrected chi connectivity index (χ0v) is 18.9. The highest BCUT2D eigenvalue weighted by atomic mass is 16.5. The molecule has 28 heavy (non-hydrogen) atoms. The molecule has 0 spiro atoms. The Hall–Kier alpha value is -0.610. The quantitative estimate of drug-likeness (QED) is 0.232. The lowest BCUT2D eigenvalue weighted by atomic mass is 10.0. The highest BCUT2D eigenvalue weighted by Crippen LogP contribution is 2.13. The van der Waals surface area contributed by atoms with Gasteiger partial charge in [-0.2, -0.15) is 0 Å². The molecule has 0 aromatic rings. The standard InChI is InChI=1S/C24H47NO3/c1-3-4-5-6-7-8-9-10-11-12-13-14-15-16-20-28-22-23(27-2)21-25-19-17-18-24(25)26/h23H,3-22H2,1-2H3. The van der Waals surface area contributed by atoms with Gasteiger partial charge in [-0.1, -0.05) is 90.4 Å². The Bertz CT molecular complexity index is 362. The lowest BCUT2D eigenvalue weighted by Crippen LogP contribution is -2.36. The molecule has 0 aliphatic carbocycles. The zero-order chi connectivity index (χ0) is 20.3. The molecule has 1 fully saturated rings. The van der Waals surface area contributed by atoms with Gasteiger partial charge in [-0.05, 0) is 12.8 Å². The Labute approximate surface area is 174 Å². The predicted molar refractivity (Wildman–Crippen MR) is 118 cm³/mol. The number of hydrogen-bond donors (Lipinski definition) is 0. The highest BCUT2D eigenvalue weighted by molar-refractivity contribution is 5.78. The summed E-state index contributed by atoms with van der Waals surface area (Å²) in [7, 11) is 1.71. The number of hydrogen-bond acceptors (Lipinski definition) is 3. The van der Waals surface area contributed by atoms with Crippen molar-refractivity contribution in [1.29, 1.82) is 0 Å². The molecule has 0 saturated carbocycles. The molecule has 1 saturated heterocycles. The number of carbonyl (C=O) groups excluding carboxylic acids is 1. The van der Waals surface area contributed by atoms with Gasteiger partial charge in [-0.15, -0.1) is 0 Å². The van der Waals surface area contributed by atoms with Gasteiger partial charge in [0.1, 0.15) is 0 Å². The maximum atomic E-state index is 11.7. The molecule has 4 heteroatoms. The highest BCUT2D eigenvalue weighted by Gasteiger charge is 2.23. The van der Waals surface area contributed by atoms with Crippen molar-refractivity contribution in [2.75, 3.05) is 33.4 Å². The van der Waals surface area contributed by atoms with E-state index in [2.05, 4.69) is 6.92 Å². The summed E-state index contributed by atoms with van der Waals surface area (Å²) in [5.41, 5.74) is 0. The van der Waals surface area contributed by atoms with Gasteiger partial charge in [0, 0.05) is 33.2 Å². The third-order valence-corrected chi connectivity index (χ3v) is 5.87. The van der Waals surface area contributed by atoms with Gasteiger partial charge in [-0.25, -0.2) is 0 Å². The Balaban J connectivity index is 1.79. The smallest absolute Gasteiger partial charge is 0.222 e. The summed E-state index contributed by atoms with van der Waals surface area (Å²) in [6.07, 6.45) is 21.0. The van der Waals surface area contributed by atoms with Gasteiger partial charge in [0.2, 0.25) is 5.91 Å². The number of carbonyl (C=O) groups is 1. The van der Waals surface area contributed by atoms with Crippen molar-refractivity contribution in [3.05, 3.63) is 0 Å². The largest absolute Gasteiger partial charge is 0.379 e. The average Bonchev–Trinajstić information content (AvgIpc) is 3.11. The Kier molecular flexibility index (Phi) is 16.7. The van der Waals surface area contributed by atoms with Crippen LogP contribution < -0.4 is 0 Å². The van der Waals surface area contributed by atoms with Crippen LogP contribution in [0.4, 0.5) is 0 Å². The number of unbranched alkanes of at least 4 members (excludes halogenated alkanes) is 13. The van der Waals surface area contributed by atoms with Crippen molar-refractivity contribution < 1.29 is 14.3 Å². The van der Waals surface area contributed by atoms with E-state index in [0.717, 1.165) is 26.0 Å². The summed E-state index contributed by atoms with van der Waals surface area (Å²) in [6.45, 7) is 5.24. The minimum atomic E-state index is 0.00805. The van der Waals surface area contributed by atoms with Gasteiger partial charge in [0.15, 0.2) is 0 Å². The monoisotopic (exact) mass is 397 g/mol. The number of nitrogens with zero attached hydrogens (tertiary/aromatic N) is 1. The fourth-order valence-electron chi connectivity index (χ4n) is 3.95. The van der Waals surface area contributed by atoms with E-state index in [0.29, 0.717) is 19.6 Å². The molecule has 1 heterocycles. The molecule has 1 amide bonds. The number of likely N-dealkylation sites (tertiary alicyclic amines) is 1. The first kappa shape index (κ1) is 25.4. The molecule has 0 bridgehead atoms. The number of rotatable bonds is 20. The van der Waals surface area contributed by atoms with Gasteiger partial charge in [-0.3, -0.25) is 4.79 Å². The predicted octanol–water partition coefficient (Wildman–Crippen LogP) is 6.12. The molecule has 0 radical (unpaired) electrons. The second-order valence-corrected chi connectivity index (χ2v) is 8.47. The van der Waals surface area contributed by atoms with Crippen molar-refractivity contribution >= 4 is 5.91 Å². The van der Waals surface area contributed by atoms with Crippen LogP contribution in [0.1, 0.15) is 110 Å². The number of ether oxygens (including phenoxy) is 2. The average molecular weight is 398 g/mol. The summed E-state index contributed by atoms with van der Waals surface area (Å²) >= 11 is 0. The first-order chi connectivity index (χ1) is 13.8. The van der Waals surface area contributed by atoms with E-state index < -0.39 is 0 Å². The van der Waals surface area contributed by atoms with Crippen LogP contribution in [0.2, 0.25) is 0 Å². The molecule has 1 atom stereocenters. The Morgan fingerprint density at radius 3 is 1.86 bits per heavy atom. The molecule has 1 aliphatic heterocycles. The number of amides is 1. The molecule has 1 rings (SSSR count). The van der Waals surface area contributed by atoms with Crippen LogP contribution in [-0.4, -0.2) is 50.3 Å². The summed E-state index contributed by atoms with van der Waals surface area (Å²) in [5.74, 6) is 0.258. The second kappa shape index (κ2) is 18.4. The Morgan fingerprint density at radius 2 is 1.39 bits per heavy atom. The van der Waals surface area contributed by atoms with Crippen molar-refractivity contribution in [1.82, 2.24) is 4.90 Å². The topological polar surface area (TPSA) is 38.8 Å². The van der Waals surface area contributed by atoms with Crippen LogP contribution in [0.15, 0.2) is 0 Å². The SMILES string of the molecule is CCCCCCCCCCCCCCCCOCC(CN1CCCC1=O)OC.